The summed E-state index contributed by atoms with van der Waals surface area (Å²) in [6.45, 7) is 5.29. The molecule has 0 atom stereocenters. The molecule has 1 rings (SSSR count). The molecule has 0 saturated carbocycles. The van der Waals surface area contributed by atoms with Gasteiger partial charge in [0.25, 0.3) is 5.91 Å². The molecular formula is C14H25N3O2S. The third kappa shape index (κ3) is 3.56. The number of thiophene rings is 1. The molecule has 6 heteroatoms. The Morgan fingerprint density at radius 2 is 1.95 bits per heavy atom. The molecule has 5 nitrogen and oxygen atoms in total. The molecule has 1 aromatic rings. The fraction of sp³-hybridized carbons (Fsp3) is 0.643. The maximum Gasteiger partial charge on any atom is 0.265 e. The van der Waals surface area contributed by atoms with Crippen LogP contribution < -0.4 is 15.4 Å². The fourth-order valence-electron chi connectivity index (χ4n) is 1.78. The molecule has 2 N–H and O–H groups in total. The molecule has 0 radical (unpaired) electrons. The summed E-state index contributed by atoms with van der Waals surface area (Å²) in [5, 5.41) is 0.913. The van der Waals surface area contributed by atoms with Gasteiger partial charge in [0.1, 0.15) is 15.6 Å². The first kappa shape index (κ1) is 16.6. The van der Waals surface area contributed by atoms with Gasteiger partial charge < -0.3 is 20.3 Å². The molecule has 0 bridgehead atoms. The first-order valence-electron chi connectivity index (χ1n) is 6.68. The number of methoxy groups -OCH3 is 1. The quantitative estimate of drug-likeness (QED) is 0.877. The lowest BCUT2D eigenvalue weighted by Crippen LogP contribution is -2.21. The summed E-state index contributed by atoms with van der Waals surface area (Å²) in [5.74, 6) is 1.14. The maximum absolute atomic E-state index is 12.1. The van der Waals surface area contributed by atoms with E-state index in [1.165, 1.54) is 16.2 Å². The number of nitrogen functional groups attached to an aromatic ring is 1. The molecule has 0 fully saturated rings. The first-order valence-corrected chi connectivity index (χ1v) is 7.50. The van der Waals surface area contributed by atoms with E-state index < -0.39 is 0 Å². The number of carbonyl (C=O) groups is 1. The van der Waals surface area contributed by atoms with Crippen molar-refractivity contribution >= 4 is 27.9 Å². The molecule has 0 spiro atoms. The van der Waals surface area contributed by atoms with Crippen LogP contribution in [0.4, 0.5) is 10.7 Å². The standard InChI is InChI=1S/C14H25N3O2S/c1-9(2)7-8-17(5)14-11(19-6)10(15)12(20-14)13(18)16(3)4/h9H,7-8,15H2,1-6H3. The molecule has 0 aliphatic carbocycles. The Hall–Kier alpha value is -1.43. The maximum atomic E-state index is 12.1. The van der Waals surface area contributed by atoms with Gasteiger partial charge in [-0.25, -0.2) is 0 Å². The third-order valence-electron chi connectivity index (χ3n) is 3.08. The van der Waals surface area contributed by atoms with Crippen LogP contribution in [-0.2, 0) is 0 Å². The molecule has 0 unspecified atom stereocenters. The van der Waals surface area contributed by atoms with Crippen LogP contribution in [0, 0.1) is 5.92 Å². The van der Waals surface area contributed by atoms with Crippen molar-refractivity contribution < 1.29 is 9.53 Å². The fourth-order valence-corrected chi connectivity index (χ4v) is 2.98. The Balaban J connectivity index is 3.07. The van der Waals surface area contributed by atoms with Crippen molar-refractivity contribution in [1.82, 2.24) is 4.90 Å². The van der Waals surface area contributed by atoms with Gasteiger partial charge in [-0.05, 0) is 12.3 Å². The number of carbonyl (C=O) groups excluding carboxylic acids is 1. The highest BCUT2D eigenvalue weighted by Crippen LogP contribution is 2.44. The molecular weight excluding hydrogens is 274 g/mol. The Morgan fingerprint density at radius 1 is 1.35 bits per heavy atom. The minimum Gasteiger partial charge on any atom is -0.492 e. The SMILES string of the molecule is COc1c(N(C)CCC(C)C)sc(C(=O)N(C)C)c1N. The molecule has 20 heavy (non-hydrogen) atoms. The zero-order valence-electron chi connectivity index (χ0n) is 13.2. The van der Waals surface area contributed by atoms with E-state index in [0.717, 1.165) is 18.0 Å². The van der Waals surface area contributed by atoms with E-state index in [0.29, 0.717) is 22.2 Å². The van der Waals surface area contributed by atoms with Crippen molar-refractivity contribution in [3.8, 4) is 5.75 Å². The average molecular weight is 299 g/mol. The van der Waals surface area contributed by atoms with Gasteiger partial charge in [0.15, 0.2) is 5.75 Å². The highest BCUT2D eigenvalue weighted by atomic mass is 32.1. The van der Waals surface area contributed by atoms with Crippen LogP contribution in [0.2, 0.25) is 0 Å². The minimum atomic E-state index is -0.0886. The van der Waals surface area contributed by atoms with Gasteiger partial charge in [0.05, 0.1) is 7.11 Å². The Labute approximate surface area is 125 Å². The van der Waals surface area contributed by atoms with Gasteiger partial charge >= 0.3 is 0 Å². The van der Waals surface area contributed by atoms with E-state index in [1.807, 2.05) is 7.05 Å². The van der Waals surface area contributed by atoms with Crippen molar-refractivity contribution in [2.24, 2.45) is 5.92 Å². The molecule has 1 heterocycles. The number of hydrogen-bond acceptors (Lipinski definition) is 5. The molecule has 114 valence electrons. The Morgan fingerprint density at radius 3 is 2.40 bits per heavy atom. The van der Waals surface area contributed by atoms with Crippen molar-refractivity contribution in [2.45, 2.75) is 20.3 Å². The second-order valence-corrected chi connectivity index (χ2v) is 6.49. The predicted octanol–water partition coefficient (Wildman–Crippen LogP) is 2.52. The largest absolute Gasteiger partial charge is 0.492 e. The summed E-state index contributed by atoms with van der Waals surface area (Å²) in [7, 11) is 7.02. The van der Waals surface area contributed by atoms with Crippen molar-refractivity contribution in [2.75, 3.05) is 45.4 Å². The van der Waals surface area contributed by atoms with Gasteiger partial charge in [-0.2, -0.15) is 0 Å². The highest BCUT2D eigenvalue weighted by Gasteiger charge is 2.24. The first-order chi connectivity index (χ1) is 9.29. The Bertz CT molecular complexity index is 469. The molecule has 1 amide bonds. The predicted molar refractivity (Wildman–Crippen MR) is 86.0 cm³/mol. The topological polar surface area (TPSA) is 58.8 Å². The van der Waals surface area contributed by atoms with Gasteiger partial charge in [-0.3, -0.25) is 4.79 Å². The zero-order valence-corrected chi connectivity index (χ0v) is 14.0. The molecule has 0 aliphatic heterocycles. The lowest BCUT2D eigenvalue weighted by Gasteiger charge is -2.19. The number of amides is 1. The summed E-state index contributed by atoms with van der Waals surface area (Å²) in [5.41, 5.74) is 6.49. The van der Waals surface area contributed by atoms with E-state index in [1.54, 1.807) is 21.2 Å². The van der Waals surface area contributed by atoms with E-state index in [2.05, 4.69) is 18.7 Å². The lowest BCUT2D eigenvalue weighted by atomic mass is 10.1. The monoisotopic (exact) mass is 299 g/mol. The molecule has 0 aliphatic rings. The van der Waals surface area contributed by atoms with Gasteiger partial charge in [-0.15, -0.1) is 11.3 Å². The number of nitrogens with zero attached hydrogens (tertiary/aromatic N) is 2. The van der Waals surface area contributed by atoms with E-state index in [9.17, 15) is 4.79 Å². The number of rotatable bonds is 6. The van der Waals surface area contributed by atoms with Gasteiger partial charge in [0.2, 0.25) is 0 Å². The van der Waals surface area contributed by atoms with Gasteiger partial charge in [0, 0.05) is 27.7 Å². The molecule has 0 aromatic carbocycles. The molecule has 0 saturated heterocycles. The molecule has 1 aromatic heterocycles. The van der Waals surface area contributed by atoms with Gasteiger partial charge in [-0.1, -0.05) is 13.8 Å². The number of anilines is 2. The Kier molecular flexibility index (Phi) is 5.68. The van der Waals surface area contributed by atoms with E-state index in [4.69, 9.17) is 10.5 Å². The van der Waals surface area contributed by atoms with Crippen LogP contribution in [0.5, 0.6) is 5.75 Å². The number of nitrogens with two attached hydrogens (primary N) is 1. The van der Waals surface area contributed by atoms with Crippen LogP contribution in [0.3, 0.4) is 0 Å². The van der Waals surface area contributed by atoms with E-state index in [-0.39, 0.29) is 5.91 Å². The second-order valence-electron chi connectivity index (χ2n) is 5.49. The summed E-state index contributed by atoms with van der Waals surface area (Å²) in [6.07, 6.45) is 1.08. The smallest absolute Gasteiger partial charge is 0.265 e. The normalized spacial score (nSPS) is 10.8. The van der Waals surface area contributed by atoms with E-state index >= 15 is 0 Å². The van der Waals surface area contributed by atoms with Crippen LogP contribution >= 0.6 is 11.3 Å². The van der Waals surface area contributed by atoms with Crippen molar-refractivity contribution in [3.05, 3.63) is 4.88 Å². The van der Waals surface area contributed by atoms with Crippen molar-refractivity contribution in [3.63, 3.8) is 0 Å². The van der Waals surface area contributed by atoms with Crippen molar-refractivity contribution in [1.29, 1.82) is 0 Å². The number of ether oxygens (including phenoxy) is 1. The zero-order chi connectivity index (χ0) is 15.4. The number of hydrogen-bond donors (Lipinski definition) is 1. The summed E-state index contributed by atoms with van der Waals surface area (Å²) < 4.78 is 5.39. The third-order valence-corrected chi connectivity index (χ3v) is 4.36. The van der Waals surface area contributed by atoms with Crippen LogP contribution in [-0.4, -0.2) is 45.6 Å². The second kappa shape index (κ2) is 6.83. The highest BCUT2D eigenvalue weighted by molar-refractivity contribution is 7.19. The summed E-state index contributed by atoms with van der Waals surface area (Å²) in [4.78, 5) is 16.3. The van der Waals surface area contributed by atoms with Crippen LogP contribution in [0.1, 0.15) is 29.9 Å². The lowest BCUT2D eigenvalue weighted by molar-refractivity contribution is 0.0833. The minimum absolute atomic E-state index is 0.0886. The van der Waals surface area contributed by atoms with Crippen LogP contribution in [0.25, 0.3) is 0 Å². The summed E-state index contributed by atoms with van der Waals surface area (Å²) >= 11 is 1.39. The summed E-state index contributed by atoms with van der Waals surface area (Å²) in [6, 6.07) is 0. The average Bonchev–Trinajstić information content (AvgIpc) is 2.71. The van der Waals surface area contributed by atoms with Crippen LogP contribution in [0.15, 0.2) is 0 Å².